The maximum absolute atomic E-state index is 10.1. The zero-order valence-electron chi connectivity index (χ0n) is 10.1. The molecule has 102 valence electrons. The molecular formula is C11H15N5O3. The van der Waals surface area contributed by atoms with E-state index in [-0.39, 0.29) is 24.3 Å². The molecule has 5 N–H and O–H groups in total. The number of nitrogens with two attached hydrogens (primary N) is 1. The number of rotatable bonds is 2. The Morgan fingerprint density at radius 2 is 2.11 bits per heavy atom. The van der Waals surface area contributed by atoms with Gasteiger partial charge in [-0.15, -0.1) is 0 Å². The molecular weight excluding hydrogens is 250 g/mol. The Labute approximate surface area is 108 Å². The molecule has 1 aliphatic carbocycles. The molecule has 2 heterocycles. The molecule has 1 aliphatic rings. The van der Waals surface area contributed by atoms with Crippen LogP contribution >= 0.6 is 0 Å². The summed E-state index contributed by atoms with van der Waals surface area (Å²) in [5, 5.41) is 33.2. The average molecular weight is 265 g/mol. The van der Waals surface area contributed by atoms with E-state index in [2.05, 4.69) is 15.1 Å². The van der Waals surface area contributed by atoms with Crippen molar-refractivity contribution in [3.05, 3.63) is 18.2 Å². The van der Waals surface area contributed by atoms with Crippen molar-refractivity contribution in [1.29, 1.82) is 0 Å². The molecule has 1 saturated carbocycles. The summed E-state index contributed by atoms with van der Waals surface area (Å²) >= 11 is 0. The highest BCUT2D eigenvalue weighted by atomic mass is 16.3. The lowest BCUT2D eigenvalue weighted by Crippen LogP contribution is -2.29. The summed E-state index contributed by atoms with van der Waals surface area (Å²) in [6.45, 7) is -0.164. The first kappa shape index (κ1) is 12.3. The highest BCUT2D eigenvalue weighted by Gasteiger charge is 2.43. The number of fused-ring (bicyclic) bond motifs is 1. The fourth-order valence-corrected chi connectivity index (χ4v) is 2.71. The van der Waals surface area contributed by atoms with Crippen molar-refractivity contribution in [3.63, 3.8) is 0 Å². The van der Waals surface area contributed by atoms with E-state index in [0.717, 1.165) is 0 Å². The largest absolute Gasteiger partial charge is 0.396 e. The van der Waals surface area contributed by atoms with Gasteiger partial charge in [0.15, 0.2) is 11.5 Å². The van der Waals surface area contributed by atoms with Crippen LogP contribution in [0.3, 0.4) is 0 Å². The molecule has 19 heavy (non-hydrogen) atoms. The van der Waals surface area contributed by atoms with Crippen LogP contribution in [0.2, 0.25) is 0 Å². The molecule has 8 nitrogen and oxygen atoms in total. The van der Waals surface area contributed by atoms with Crippen LogP contribution < -0.4 is 5.73 Å². The number of hydrogen-bond acceptors (Lipinski definition) is 7. The Kier molecular flexibility index (Phi) is 2.85. The normalized spacial score (nSPS) is 31.1. The number of aliphatic hydroxyl groups is 3. The molecule has 0 unspecified atom stereocenters. The number of aliphatic hydroxyl groups excluding tert-OH is 3. The van der Waals surface area contributed by atoms with Gasteiger partial charge in [-0.2, -0.15) is 5.10 Å². The molecule has 2 aromatic rings. The van der Waals surface area contributed by atoms with E-state index in [1.807, 2.05) is 0 Å². The SMILES string of the molecule is Nc1ncnn2c([C@@H]3C[C@H](CO)[C@@H](O)[C@H]3O)cnc12. The van der Waals surface area contributed by atoms with Gasteiger partial charge < -0.3 is 21.1 Å². The van der Waals surface area contributed by atoms with Gasteiger partial charge in [-0.1, -0.05) is 0 Å². The summed E-state index contributed by atoms with van der Waals surface area (Å²) in [4.78, 5) is 7.97. The van der Waals surface area contributed by atoms with Gasteiger partial charge in [-0.3, -0.25) is 0 Å². The lowest BCUT2D eigenvalue weighted by atomic mass is 10.0. The van der Waals surface area contributed by atoms with E-state index >= 15 is 0 Å². The molecule has 3 rings (SSSR count). The molecule has 0 spiro atoms. The second-order valence-electron chi connectivity index (χ2n) is 4.83. The third kappa shape index (κ3) is 1.76. The van der Waals surface area contributed by atoms with Crippen molar-refractivity contribution in [2.24, 2.45) is 5.92 Å². The highest BCUT2D eigenvalue weighted by Crippen LogP contribution is 2.38. The maximum Gasteiger partial charge on any atom is 0.196 e. The third-order valence-electron chi connectivity index (χ3n) is 3.77. The molecule has 8 heteroatoms. The lowest BCUT2D eigenvalue weighted by Gasteiger charge is -2.15. The van der Waals surface area contributed by atoms with Gasteiger partial charge in [0.1, 0.15) is 6.33 Å². The van der Waals surface area contributed by atoms with Gasteiger partial charge in [0.25, 0.3) is 0 Å². The van der Waals surface area contributed by atoms with Crippen LogP contribution in [0.15, 0.2) is 12.5 Å². The van der Waals surface area contributed by atoms with E-state index in [4.69, 9.17) is 5.73 Å². The van der Waals surface area contributed by atoms with Crippen LogP contribution in [-0.4, -0.2) is 53.7 Å². The Balaban J connectivity index is 2.04. The van der Waals surface area contributed by atoms with E-state index in [9.17, 15) is 15.3 Å². The van der Waals surface area contributed by atoms with Crippen molar-refractivity contribution in [2.45, 2.75) is 24.5 Å². The Morgan fingerprint density at radius 1 is 1.32 bits per heavy atom. The first-order valence-corrected chi connectivity index (χ1v) is 6.04. The van der Waals surface area contributed by atoms with Crippen molar-refractivity contribution < 1.29 is 15.3 Å². The summed E-state index contributed by atoms with van der Waals surface area (Å²) in [6.07, 6.45) is 1.46. The van der Waals surface area contributed by atoms with E-state index in [0.29, 0.717) is 17.8 Å². The number of hydrogen-bond donors (Lipinski definition) is 4. The number of nitrogens with zero attached hydrogens (tertiary/aromatic N) is 4. The Hall–Kier alpha value is -1.77. The van der Waals surface area contributed by atoms with Crippen LogP contribution in [0.5, 0.6) is 0 Å². The van der Waals surface area contributed by atoms with Crippen LogP contribution in [0.4, 0.5) is 5.82 Å². The Bertz CT molecular complexity index is 601. The van der Waals surface area contributed by atoms with Gasteiger partial charge in [0.05, 0.1) is 24.1 Å². The standard InChI is InChI=1S/C11H15N5O3/c12-10-11-13-2-7(16(11)15-4-14-10)6-1-5(3-17)8(18)9(6)19/h2,4-6,8-9,17-19H,1,3H2,(H2,12,14,15)/t5-,6+,8-,9+/m1/s1. The van der Waals surface area contributed by atoms with Crippen LogP contribution in [-0.2, 0) is 0 Å². The molecule has 0 saturated heterocycles. The smallest absolute Gasteiger partial charge is 0.196 e. The second-order valence-corrected chi connectivity index (χ2v) is 4.83. The summed E-state index contributed by atoms with van der Waals surface area (Å²) in [5.41, 5.74) is 6.78. The molecule has 0 aromatic carbocycles. The third-order valence-corrected chi connectivity index (χ3v) is 3.77. The van der Waals surface area contributed by atoms with Crippen LogP contribution in [0.25, 0.3) is 5.65 Å². The zero-order chi connectivity index (χ0) is 13.6. The lowest BCUT2D eigenvalue weighted by molar-refractivity contribution is 0.00189. The second kappa shape index (κ2) is 4.41. The van der Waals surface area contributed by atoms with Gasteiger partial charge in [0.2, 0.25) is 0 Å². The molecule has 2 aromatic heterocycles. The fraction of sp³-hybridized carbons (Fsp3) is 0.545. The first-order valence-electron chi connectivity index (χ1n) is 6.04. The van der Waals surface area contributed by atoms with E-state index in [1.54, 1.807) is 6.20 Å². The Morgan fingerprint density at radius 3 is 2.79 bits per heavy atom. The number of anilines is 1. The summed E-state index contributed by atoms with van der Waals surface area (Å²) in [6, 6.07) is 0. The molecule has 4 atom stereocenters. The van der Waals surface area contributed by atoms with E-state index < -0.39 is 12.2 Å². The minimum absolute atomic E-state index is 0.164. The summed E-state index contributed by atoms with van der Waals surface area (Å²) in [5.74, 6) is -0.422. The predicted octanol–water partition coefficient (Wildman–Crippen LogP) is -1.48. The molecule has 0 bridgehead atoms. The van der Waals surface area contributed by atoms with Gasteiger partial charge >= 0.3 is 0 Å². The number of aromatic nitrogens is 4. The van der Waals surface area contributed by atoms with Crippen LogP contribution in [0.1, 0.15) is 18.0 Å². The van der Waals surface area contributed by atoms with Gasteiger partial charge in [-0.25, -0.2) is 14.5 Å². The number of imidazole rings is 1. The monoisotopic (exact) mass is 265 g/mol. The van der Waals surface area contributed by atoms with Crippen molar-refractivity contribution >= 4 is 11.5 Å². The van der Waals surface area contributed by atoms with Crippen molar-refractivity contribution in [3.8, 4) is 0 Å². The van der Waals surface area contributed by atoms with Crippen molar-refractivity contribution in [1.82, 2.24) is 19.6 Å². The molecule has 0 amide bonds. The van der Waals surface area contributed by atoms with Gasteiger partial charge in [0, 0.05) is 18.4 Å². The zero-order valence-corrected chi connectivity index (χ0v) is 10.1. The maximum atomic E-state index is 10.1. The van der Waals surface area contributed by atoms with Gasteiger partial charge in [-0.05, 0) is 6.42 Å². The molecule has 0 radical (unpaired) electrons. The summed E-state index contributed by atoms with van der Waals surface area (Å²) < 4.78 is 1.52. The van der Waals surface area contributed by atoms with Crippen LogP contribution in [0, 0.1) is 5.92 Å². The number of nitrogen functional groups attached to an aromatic ring is 1. The minimum Gasteiger partial charge on any atom is -0.396 e. The highest BCUT2D eigenvalue weighted by molar-refractivity contribution is 5.59. The average Bonchev–Trinajstić information content (AvgIpc) is 2.94. The predicted molar refractivity (Wildman–Crippen MR) is 65.1 cm³/mol. The first-order chi connectivity index (χ1) is 9.13. The quantitative estimate of drug-likeness (QED) is 0.521. The van der Waals surface area contributed by atoms with Crippen molar-refractivity contribution in [2.75, 3.05) is 12.3 Å². The van der Waals surface area contributed by atoms with E-state index in [1.165, 1.54) is 10.8 Å². The molecule has 1 fully saturated rings. The topological polar surface area (TPSA) is 130 Å². The fourth-order valence-electron chi connectivity index (χ4n) is 2.71. The molecule has 0 aliphatic heterocycles. The summed E-state index contributed by atoms with van der Waals surface area (Å²) in [7, 11) is 0. The minimum atomic E-state index is -0.951.